The van der Waals surface area contributed by atoms with Crippen molar-refractivity contribution < 1.29 is 20.1 Å². The summed E-state index contributed by atoms with van der Waals surface area (Å²) in [4.78, 5) is 10.9. The Morgan fingerprint density at radius 3 is 2.72 bits per heavy atom. The molecule has 2 rings (SSSR count). The van der Waals surface area contributed by atoms with Gasteiger partial charge < -0.3 is 21.1 Å². The maximum absolute atomic E-state index is 10.9. The monoisotopic (exact) mass is 255 g/mol. The van der Waals surface area contributed by atoms with Crippen LogP contribution >= 0.6 is 0 Å². The van der Waals surface area contributed by atoms with Crippen molar-refractivity contribution in [3.8, 4) is 0 Å². The first-order valence-electron chi connectivity index (χ1n) is 5.86. The number of aliphatic hydroxyl groups excluding tert-OH is 3. The fourth-order valence-electron chi connectivity index (χ4n) is 2.44. The minimum atomic E-state index is -0.989. The minimum absolute atomic E-state index is 0.107. The van der Waals surface area contributed by atoms with Crippen molar-refractivity contribution in [3.05, 3.63) is 17.5 Å². The van der Waals surface area contributed by atoms with E-state index >= 15 is 0 Å². The number of rotatable bonds is 3. The maximum Gasteiger partial charge on any atom is 0.269 e. The molecule has 0 radical (unpaired) electrons. The Balaban J connectivity index is 2.16. The molecule has 7 heteroatoms. The van der Waals surface area contributed by atoms with E-state index in [-0.39, 0.29) is 24.1 Å². The van der Waals surface area contributed by atoms with E-state index in [2.05, 4.69) is 10.2 Å². The number of aliphatic hydroxyl groups is 3. The molecule has 7 nitrogen and oxygen atoms in total. The van der Waals surface area contributed by atoms with Crippen molar-refractivity contribution >= 4 is 5.91 Å². The van der Waals surface area contributed by atoms with E-state index in [4.69, 9.17) is 10.8 Å². The van der Waals surface area contributed by atoms with Gasteiger partial charge in [-0.25, -0.2) is 0 Å². The fourth-order valence-corrected chi connectivity index (χ4v) is 2.44. The average molecular weight is 255 g/mol. The van der Waals surface area contributed by atoms with Gasteiger partial charge in [0.25, 0.3) is 5.91 Å². The van der Waals surface area contributed by atoms with Crippen LogP contribution in [0.25, 0.3) is 0 Å². The molecule has 1 aliphatic rings. The van der Waals surface area contributed by atoms with Crippen LogP contribution in [0.15, 0.2) is 6.07 Å². The van der Waals surface area contributed by atoms with Crippen LogP contribution in [-0.2, 0) is 0 Å². The highest BCUT2D eigenvalue weighted by molar-refractivity contribution is 5.90. The molecule has 6 N–H and O–H groups in total. The summed E-state index contributed by atoms with van der Waals surface area (Å²) in [5, 5.41) is 35.3. The minimum Gasteiger partial charge on any atom is -0.396 e. The summed E-state index contributed by atoms with van der Waals surface area (Å²) < 4.78 is 0. The Labute approximate surface area is 104 Å². The molecule has 18 heavy (non-hydrogen) atoms. The van der Waals surface area contributed by atoms with Gasteiger partial charge in [-0.15, -0.1) is 0 Å². The van der Waals surface area contributed by atoms with Crippen molar-refractivity contribution in [2.75, 3.05) is 6.61 Å². The molecule has 0 bridgehead atoms. The standard InChI is InChI=1S/C11H17N3O4/c12-11(18)8-3-7(13-14-8)6-2-1-5(4-15)9(16)10(6)17/h3,5-6,9-10,15-17H,1-2,4H2,(H2,12,18)(H,13,14)/t5-,6+,9-,10+/m1/s1. The molecule has 0 saturated heterocycles. The van der Waals surface area contributed by atoms with Crippen molar-refractivity contribution in [1.82, 2.24) is 10.2 Å². The van der Waals surface area contributed by atoms with Gasteiger partial charge in [-0.05, 0) is 18.9 Å². The number of carbonyl (C=O) groups is 1. The summed E-state index contributed by atoms with van der Waals surface area (Å²) in [5.74, 6) is -1.28. The lowest BCUT2D eigenvalue weighted by atomic mass is 9.76. The highest BCUT2D eigenvalue weighted by Crippen LogP contribution is 2.35. The molecule has 0 aliphatic heterocycles. The van der Waals surface area contributed by atoms with Gasteiger partial charge in [-0.2, -0.15) is 5.10 Å². The summed E-state index contributed by atoms with van der Waals surface area (Å²) in [7, 11) is 0. The first-order chi connectivity index (χ1) is 8.54. The second-order valence-electron chi connectivity index (χ2n) is 4.68. The zero-order valence-electron chi connectivity index (χ0n) is 9.78. The Bertz CT molecular complexity index is 434. The summed E-state index contributed by atoms with van der Waals surface area (Å²) in [6.07, 6.45) is -0.764. The number of carbonyl (C=O) groups excluding carboxylic acids is 1. The van der Waals surface area contributed by atoms with Crippen LogP contribution < -0.4 is 5.73 Å². The maximum atomic E-state index is 10.9. The van der Waals surface area contributed by atoms with E-state index in [0.29, 0.717) is 18.5 Å². The summed E-state index contributed by atoms with van der Waals surface area (Å²) in [5.41, 5.74) is 5.78. The summed E-state index contributed by atoms with van der Waals surface area (Å²) in [6.45, 7) is -0.152. The number of amides is 1. The Hall–Kier alpha value is -1.44. The SMILES string of the molecule is NC(=O)c1cc([C@@H]2CC[C@H](CO)[C@@H](O)[C@H]2O)[nH]n1. The number of hydrogen-bond acceptors (Lipinski definition) is 5. The van der Waals surface area contributed by atoms with E-state index in [0.717, 1.165) is 0 Å². The molecule has 1 aliphatic carbocycles. The van der Waals surface area contributed by atoms with Gasteiger partial charge in [0, 0.05) is 24.1 Å². The third-order valence-electron chi connectivity index (χ3n) is 3.58. The predicted molar refractivity (Wildman–Crippen MR) is 61.7 cm³/mol. The highest BCUT2D eigenvalue weighted by atomic mass is 16.3. The Morgan fingerprint density at radius 1 is 1.44 bits per heavy atom. The van der Waals surface area contributed by atoms with Gasteiger partial charge in [0.1, 0.15) is 5.69 Å². The van der Waals surface area contributed by atoms with Gasteiger partial charge in [0.15, 0.2) is 0 Å². The molecule has 1 heterocycles. The van der Waals surface area contributed by atoms with Crippen molar-refractivity contribution in [3.63, 3.8) is 0 Å². The molecule has 0 aromatic carbocycles. The van der Waals surface area contributed by atoms with Crippen molar-refractivity contribution in [2.45, 2.75) is 31.0 Å². The van der Waals surface area contributed by atoms with E-state index in [1.165, 1.54) is 6.07 Å². The highest BCUT2D eigenvalue weighted by Gasteiger charge is 2.38. The summed E-state index contributed by atoms with van der Waals surface area (Å²) in [6, 6.07) is 1.49. The van der Waals surface area contributed by atoms with Crippen molar-refractivity contribution in [1.29, 1.82) is 0 Å². The Morgan fingerprint density at radius 2 is 2.17 bits per heavy atom. The lowest BCUT2D eigenvalue weighted by molar-refractivity contribution is -0.0705. The lowest BCUT2D eigenvalue weighted by Crippen LogP contribution is -2.43. The van der Waals surface area contributed by atoms with Gasteiger partial charge >= 0.3 is 0 Å². The third-order valence-corrected chi connectivity index (χ3v) is 3.58. The number of aromatic nitrogens is 2. The van der Waals surface area contributed by atoms with E-state index in [1.807, 2.05) is 0 Å². The molecular weight excluding hydrogens is 238 g/mol. The zero-order valence-corrected chi connectivity index (χ0v) is 9.78. The van der Waals surface area contributed by atoms with Gasteiger partial charge in [-0.3, -0.25) is 9.89 Å². The number of nitrogens with one attached hydrogen (secondary N) is 1. The van der Waals surface area contributed by atoms with E-state index in [1.54, 1.807) is 0 Å². The average Bonchev–Trinajstić information content (AvgIpc) is 2.82. The van der Waals surface area contributed by atoms with Crippen LogP contribution in [0.4, 0.5) is 0 Å². The second-order valence-corrected chi connectivity index (χ2v) is 4.68. The van der Waals surface area contributed by atoms with Crippen LogP contribution in [-0.4, -0.2) is 50.2 Å². The number of hydrogen-bond donors (Lipinski definition) is 5. The number of H-pyrrole nitrogens is 1. The van der Waals surface area contributed by atoms with Crippen LogP contribution in [0.5, 0.6) is 0 Å². The van der Waals surface area contributed by atoms with Gasteiger partial charge in [0.2, 0.25) is 0 Å². The number of nitrogens with two attached hydrogens (primary N) is 1. The normalized spacial score (nSPS) is 32.4. The van der Waals surface area contributed by atoms with Crippen LogP contribution in [0, 0.1) is 5.92 Å². The van der Waals surface area contributed by atoms with Crippen molar-refractivity contribution in [2.24, 2.45) is 11.7 Å². The molecule has 4 atom stereocenters. The molecule has 0 spiro atoms. The first-order valence-corrected chi connectivity index (χ1v) is 5.86. The first kappa shape index (κ1) is 13.0. The molecular formula is C11H17N3O4. The van der Waals surface area contributed by atoms with E-state index < -0.39 is 18.1 Å². The number of aromatic amines is 1. The molecule has 1 aromatic heterocycles. The molecule has 0 unspecified atom stereocenters. The van der Waals surface area contributed by atoms with E-state index in [9.17, 15) is 15.0 Å². The van der Waals surface area contributed by atoms with Gasteiger partial charge in [-0.1, -0.05) is 0 Å². The quantitative estimate of drug-likeness (QED) is 0.458. The molecule has 1 saturated carbocycles. The predicted octanol–water partition coefficient (Wildman–Crippen LogP) is -1.28. The number of primary amides is 1. The van der Waals surface area contributed by atoms with Crippen LogP contribution in [0.1, 0.15) is 34.9 Å². The van der Waals surface area contributed by atoms with Crippen LogP contribution in [0.2, 0.25) is 0 Å². The lowest BCUT2D eigenvalue weighted by Gasteiger charge is -2.36. The Kier molecular flexibility index (Phi) is 3.65. The fraction of sp³-hybridized carbons (Fsp3) is 0.636. The molecule has 100 valence electrons. The third kappa shape index (κ3) is 2.24. The smallest absolute Gasteiger partial charge is 0.269 e. The second kappa shape index (κ2) is 5.05. The molecule has 1 aromatic rings. The van der Waals surface area contributed by atoms with Crippen LogP contribution in [0.3, 0.4) is 0 Å². The molecule has 1 fully saturated rings. The topological polar surface area (TPSA) is 132 Å². The molecule has 1 amide bonds. The zero-order chi connectivity index (χ0) is 13.3. The summed E-state index contributed by atoms with van der Waals surface area (Å²) >= 11 is 0. The number of nitrogens with zero attached hydrogens (tertiary/aromatic N) is 1. The largest absolute Gasteiger partial charge is 0.396 e. The van der Waals surface area contributed by atoms with Gasteiger partial charge in [0.05, 0.1) is 12.2 Å².